The second kappa shape index (κ2) is 7.54. The standard InChI is InChI=1S/C17H19NO2/c1-18(13-17-8-10-20-14-17)12-16-7-4-6-15(11-16)5-2-3-9-19/h4,6-8,10-11,14,19H,3,9,12-13H2,1H3. The van der Waals surface area contributed by atoms with Crippen LogP contribution in [0.2, 0.25) is 0 Å². The van der Waals surface area contributed by atoms with E-state index in [1.54, 1.807) is 12.5 Å². The van der Waals surface area contributed by atoms with Crippen molar-refractivity contribution < 1.29 is 9.52 Å². The highest BCUT2D eigenvalue weighted by Gasteiger charge is 2.03. The molecule has 0 saturated heterocycles. The fourth-order valence-electron chi connectivity index (χ4n) is 2.03. The van der Waals surface area contributed by atoms with Gasteiger partial charge >= 0.3 is 0 Å². The van der Waals surface area contributed by atoms with E-state index in [9.17, 15) is 0 Å². The van der Waals surface area contributed by atoms with Gasteiger partial charge in [-0.25, -0.2) is 0 Å². The van der Waals surface area contributed by atoms with Crippen molar-refractivity contribution in [2.24, 2.45) is 0 Å². The molecule has 0 bridgehead atoms. The zero-order valence-corrected chi connectivity index (χ0v) is 11.7. The molecule has 3 nitrogen and oxygen atoms in total. The molecule has 0 unspecified atom stereocenters. The summed E-state index contributed by atoms with van der Waals surface area (Å²) >= 11 is 0. The second-order valence-corrected chi connectivity index (χ2v) is 4.78. The summed E-state index contributed by atoms with van der Waals surface area (Å²) in [6, 6.07) is 10.2. The first-order chi connectivity index (χ1) is 9.78. The number of hydrogen-bond acceptors (Lipinski definition) is 3. The minimum atomic E-state index is 0.111. The lowest BCUT2D eigenvalue weighted by Crippen LogP contribution is -2.16. The van der Waals surface area contributed by atoms with Crippen molar-refractivity contribution in [3.8, 4) is 11.8 Å². The fourth-order valence-corrected chi connectivity index (χ4v) is 2.03. The van der Waals surface area contributed by atoms with Crippen LogP contribution in [0.25, 0.3) is 0 Å². The molecule has 0 aliphatic rings. The van der Waals surface area contributed by atoms with Gasteiger partial charge in [-0.2, -0.15) is 0 Å². The molecule has 0 saturated carbocycles. The van der Waals surface area contributed by atoms with E-state index in [1.165, 1.54) is 11.1 Å². The zero-order valence-electron chi connectivity index (χ0n) is 11.7. The molecule has 1 aromatic carbocycles. The molecule has 2 aromatic rings. The fraction of sp³-hybridized carbons (Fsp3) is 0.294. The zero-order chi connectivity index (χ0) is 14.2. The van der Waals surface area contributed by atoms with Gasteiger partial charge in [-0.05, 0) is 30.8 Å². The molecule has 0 aliphatic heterocycles. The van der Waals surface area contributed by atoms with Gasteiger partial charge in [-0.15, -0.1) is 0 Å². The van der Waals surface area contributed by atoms with E-state index in [0.717, 1.165) is 18.7 Å². The molecule has 2 rings (SSSR count). The number of aliphatic hydroxyl groups is 1. The van der Waals surface area contributed by atoms with Crippen molar-refractivity contribution in [3.63, 3.8) is 0 Å². The summed E-state index contributed by atoms with van der Waals surface area (Å²) in [5.74, 6) is 6.00. The minimum Gasteiger partial charge on any atom is -0.472 e. The molecular weight excluding hydrogens is 250 g/mol. The summed E-state index contributed by atoms with van der Waals surface area (Å²) in [5, 5.41) is 8.72. The van der Waals surface area contributed by atoms with E-state index < -0.39 is 0 Å². The number of benzene rings is 1. The lowest BCUT2D eigenvalue weighted by molar-refractivity contribution is 0.305. The van der Waals surface area contributed by atoms with Crippen LogP contribution in [-0.2, 0) is 13.1 Å². The topological polar surface area (TPSA) is 36.6 Å². The third-order valence-electron chi connectivity index (χ3n) is 2.88. The molecule has 20 heavy (non-hydrogen) atoms. The van der Waals surface area contributed by atoms with E-state index in [-0.39, 0.29) is 6.61 Å². The van der Waals surface area contributed by atoms with E-state index in [1.807, 2.05) is 18.2 Å². The maximum absolute atomic E-state index is 8.72. The van der Waals surface area contributed by atoms with Crippen LogP contribution in [0.1, 0.15) is 23.1 Å². The van der Waals surface area contributed by atoms with Crippen LogP contribution in [-0.4, -0.2) is 23.7 Å². The first-order valence-corrected chi connectivity index (χ1v) is 6.66. The van der Waals surface area contributed by atoms with Crippen LogP contribution >= 0.6 is 0 Å². The number of hydrogen-bond donors (Lipinski definition) is 1. The third kappa shape index (κ3) is 4.58. The summed E-state index contributed by atoms with van der Waals surface area (Å²) in [4.78, 5) is 2.23. The molecule has 1 heterocycles. The van der Waals surface area contributed by atoms with Gasteiger partial charge in [0.05, 0.1) is 19.1 Å². The molecule has 0 amide bonds. The Hall–Kier alpha value is -2.02. The molecule has 0 spiro atoms. The molecule has 3 heteroatoms. The Kier molecular flexibility index (Phi) is 5.43. The normalized spacial score (nSPS) is 10.3. The van der Waals surface area contributed by atoms with Gasteiger partial charge < -0.3 is 9.52 Å². The first-order valence-electron chi connectivity index (χ1n) is 6.66. The van der Waals surface area contributed by atoms with Gasteiger partial charge in [0.2, 0.25) is 0 Å². The molecule has 0 aliphatic carbocycles. The molecule has 0 atom stereocenters. The summed E-state index contributed by atoms with van der Waals surface area (Å²) < 4.78 is 5.07. The van der Waals surface area contributed by atoms with Crippen molar-refractivity contribution in [3.05, 3.63) is 59.5 Å². The van der Waals surface area contributed by atoms with E-state index in [4.69, 9.17) is 9.52 Å². The smallest absolute Gasteiger partial charge is 0.0947 e. The molecule has 104 valence electrons. The lowest BCUT2D eigenvalue weighted by atomic mass is 10.1. The Morgan fingerprint density at radius 3 is 2.80 bits per heavy atom. The van der Waals surface area contributed by atoms with Crippen LogP contribution in [0, 0.1) is 11.8 Å². The van der Waals surface area contributed by atoms with Crippen LogP contribution in [0.4, 0.5) is 0 Å². The highest BCUT2D eigenvalue weighted by atomic mass is 16.3. The van der Waals surface area contributed by atoms with Gasteiger partial charge in [0.25, 0.3) is 0 Å². The van der Waals surface area contributed by atoms with Gasteiger partial charge in [0.1, 0.15) is 0 Å². The Balaban J connectivity index is 1.95. The average molecular weight is 269 g/mol. The molecule has 1 aromatic heterocycles. The molecule has 0 fully saturated rings. The van der Waals surface area contributed by atoms with Crippen molar-refractivity contribution >= 4 is 0 Å². The maximum atomic E-state index is 8.72. The third-order valence-corrected chi connectivity index (χ3v) is 2.88. The quantitative estimate of drug-likeness (QED) is 0.848. The number of aliphatic hydroxyl groups excluding tert-OH is 1. The molecular formula is C17H19NO2. The van der Waals surface area contributed by atoms with Crippen LogP contribution in [0.3, 0.4) is 0 Å². The summed E-state index contributed by atoms with van der Waals surface area (Å²) in [5.41, 5.74) is 3.39. The maximum Gasteiger partial charge on any atom is 0.0947 e. The monoisotopic (exact) mass is 269 g/mol. The van der Waals surface area contributed by atoms with E-state index in [0.29, 0.717) is 6.42 Å². The molecule has 0 radical (unpaired) electrons. The Bertz CT molecular complexity index is 579. The van der Waals surface area contributed by atoms with Gasteiger partial charge in [0.15, 0.2) is 0 Å². The largest absolute Gasteiger partial charge is 0.472 e. The number of rotatable bonds is 5. The Labute approximate surface area is 119 Å². The van der Waals surface area contributed by atoms with E-state index in [2.05, 4.69) is 35.9 Å². The highest BCUT2D eigenvalue weighted by Crippen LogP contribution is 2.10. The average Bonchev–Trinajstić information content (AvgIpc) is 2.92. The summed E-state index contributed by atoms with van der Waals surface area (Å²) in [7, 11) is 2.08. The van der Waals surface area contributed by atoms with Gasteiger partial charge in [-0.3, -0.25) is 4.90 Å². The Morgan fingerprint density at radius 1 is 1.20 bits per heavy atom. The van der Waals surface area contributed by atoms with Crippen LogP contribution in [0.15, 0.2) is 47.3 Å². The van der Waals surface area contributed by atoms with Crippen molar-refractivity contribution in [1.29, 1.82) is 0 Å². The number of furan rings is 1. The number of nitrogens with zero attached hydrogens (tertiary/aromatic N) is 1. The first kappa shape index (κ1) is 14.4. The van der Waals surface area contributed by atoms with Crippen molar-refractivity contribution in [1.82, 2.24) is 4.90 Å². The lowest BCUT2D eigenvalue weighted by Gasteiger charge is -2.15. The molecule has 1 N–H and O–H groups in total. The highest BCUT2D eigenvalue weighted by molar-refractivity contribution is 5.37. The Morgan fingerprint density at radius 2 is 2.05 bits per heavy atom. The SMILES string of the molecule is CN(Cc1ccoc1)Cc1cccc(C#CCCO)c1. The van der Waals surface area contributed by atoms with Crippen molar-refractivity contribution in [2.75, 3.05) is 13.7 Å². The van der Waals surface area contributed by atoms with Gasteiger partial charge in [0, 0.05) is 30.6 Å². The van der Waals surface area contributed by atoms with Crippen molar-refractivity contribution in [2.45, 2.75) is 19.5 Å². The van der Waals surface area contributed by atoms with Crippen LogP contribution < -0.4 is 0 Å². The predicted octanol–water partition coefficient (Wildman–Crippen LogP) is 2.65. The summed E-state index contributed by atoms with van der Waals surface area (Å²) in [6.07, 6.45) is 3.98. The predicted molar refractivity (Wildman–Crippen MR) is 78.9 cm³/mol. The minimum absolute atomic E-state index is 0.111. The second-order valence-electron chi connectivity index (χ2n) is 4.78. The van der Waals surface area contributed by atoms with E-state index >= 15 is 0 Å². The van der Waals surface area contributed by atoms with Gasteiger partial charge in [-0.1, -0.05) is 24.0 Å². The van der Waals surface area contributed by atoms with Crippen LogP contribution in [0.5, 0.6) is 0 Å². The summed E-state index contributed by atoms with van der Waals surface area (Å²) in [6.45, 7) is 1.83.